The van der Waals surface area contributed by atoms with E-state index in [1.165, 1.54) is 0 Å². The van der Waals surface area contributed by atoms with E-state index in [0.717, 1.165) is 13.0 Å². The fourth-order valence-electron chi connectivity index (χ4n) is 2.40. The third-order valence-corrected chi connectivity index (χ3v) is 3.00. The summed E-state index contributed by atoms with van der Waals surface area (Å²) in [5, 5.41) is 7.01. The van der Waals surface area contributed by atoms with E-state index in [1.54, 1.807) is 0 Å². The fraction of sp³-hybridized carbons (Fsp3) is 0.889. The Bertz CT molecular complexity index is 256. The quantitative estimate of drug-likeness (QED) is 0.647. The summed E-state index contributed by atoms with van der Waals surface area (Å²) >= 11 is 0. The van der Waals surface area contributed by atoms with Gasteiger partial charge in [-0.2, -0.15) is 0 Å². The minimum atomic E-state index is -0.291. The van der Waals surface area contributed by atoms with Crippen LogP contribution in [0.5, 0.6) is 0 Å². The van der Waals surface area contributed by atoms with Crippen molar-refractivity contribution in [2.75, 3.05) is 27.2 Å². The summed E-state index contributed by atoms with van der Waals surface area (Å²) in [6.45, 7) is 3.58. The summed E-state index contributed by atoms with van der Waals surface area (Å²) in [7, 11) is 4.03. The molecule has 2 fully saturated rings. The molecule has 2 saturated heterocycles. The third kappa shape index (κ3) is 1.46. The highest BCUT2D eigenvalue weighted by Crippen LogP contribution is 2.32. The van der Waals surface area contributed by atoms with Crippen LogP contribution in [-0.2, 0) is 4.74 Å². The molecule has 2 unspecified atom stereocenters. The zero-order valence-corrected chi connectivity index (χ0v) is 8.91. The fourth-order valence-corrected chi connectivity index (χ4v) is 2.40. The molecule has 0 radical (unpaired) electrons. The zero-order chi connectivity index (χ0) is 10.3. The van der Waals surface area contributed by atoms with Crippen molar-refractivity contribution in [3.8, 4) is 0 Å². The summed E-state index contributed by atoms with van der Waals surface area (Å²) in [5.41, 5.74) is -0.291. The standard InChI is InChI=1S/C9H17N3O2/c1-7-4-9(5-10-8(13)14-9)6-12(7)11(2)3/h7H,4-6H2,1-3H3,(H,10,13). The van der Waals surface area contributed by atoms with Crippen molar-refractivity contribution < 1.29 is 9.53 Å². The molecule has 5 nitrogen and oxygen atoms in total. The summed E-state index contributed by atoms with van der Waals surface area (Å²) in [4.78, 5) is 11.0. The predicted octanol–water partition coefficient (Wildman–Crippen LogP) is 0.0358. The third-order valence-electron chi connectivity index (χ3n) is 3.00. The topological polar surface area (TPSA) is 44.8 Å². The highest BCUT2D eigenvalue weighted by atomic mass is 16.6. The van der Waals surface area contributed by atoms with E-state index in [-0.39, 0.29) is 11.7 Å². The first-order chi connectivity index (χ1) is 6.52. The Morgan fingerprint density at radius 1 is 1.64 bits per heavy atom. The van der Waals surface area contributed by atoms with Crippen molar-refractivity contribution >= 4 is 6.09 Å². The molecule has 5 heteroatoms. The average molecular weight is 199 g/mol. The molecule has 0 bridgehead atoms. The molecule has 0 aromatic heterocycles. The molecule has 14 heavy (non-hydrogen) atoms. The molecule has 80 valence electrons. The number of hydrogen-bond donors (Lipinski definition) is 1. The second kappa shape index (κ2) is 3.10. The van der Waals surface area contributed by atoms with Crippen LogP contribution in [0.3, 0.4) is 0 Å². The first-order valence-electron chi connectivity index (χ1n) is 4.93. The van der Waals surface area contributed by atoms with Gasteiger partial charge in [-0.1, -0.05) is 0 Å². The van der Waals surface area contributed by atoms with Crippen LogP contribution in [-0.4, -0.2) is 54.9 Å². The van der Waals surface area contributed by atoms with Crippen LogP contribution in [0.4, 0.5) is 4.79 Å². The van der Waals surface area contributed by atoms with Gasteiger partial charge in [-0.15, -0.1) is 0 Å². The largest absolute Gasteiger partial charge is 0.440 e. The number of amides is 1. The maximum atomic E-state index is 11.0. The minimum absolute atomic E-state index is 0.280. The van der Waals surface area contributed by atoms with Crippen LogP contribution >= 0.6 is 0 Å². The molecule has 1 spiro atoms. The highest BCUT2D eigenvalue weighted by Gasteiger charge is 2.49. The number of carbonyl (C=O) groups excluding carboxylic acids is 1. The molecule has 2 aliphatic heterocycles. The Labute approximate surface area is 84.0 Å². The Morgan fingerprint density at radius 3 is 2.79 bits per heavy atom. The summed E-state index contributed by atoms with van der Waals surface area (Å²) in [6.07, 6.45) is 0.627. The predicted molar refractivity (Wildman–Crippen MR) is 51.7 cm³/mol. The minimum Gasteiger partial charge on any atom is -0.440 e. The molecule has 0 saturated carbocycles. The summed E-state index contributed by atoms with van der Waals surface area (Å²) < 4.78 is 5.34. The average Bonchev–Trinajstić information content (AvgIpc) is 2.57. The van der Waals surface area contributed by atoms with E-state index in [0.29, 0.717) is 12.6 Å². The molecular weight excluding hydrogens is 182 g/mol. The molecule has 1 N–H and O–H groups in total. The lowest BCUT2D eigenvalue weighted by atomic mass is 10.0. The van der Waals surface area contributed by atoms with Crippen molar-refractivity contribution in [3.63, 3.8) is 0 Å². The van der Waals surface area contributed by atoms with E-state index in [9.17, 15) is 4.79 Å². The first-order valence-corrected chi connectivity index (χ1v) is 4.93. The van der Waals surface area contributed by atoms with Gasteiger partial charge < -0.3 is 10.1 Å². The second-order valence-electron chi connectivity index (χ2n) is 4.42. The van der Waals surface area contributed by atoms with Gasteiger partial charge in [-0.3, -0.25) is 0 Å². The number of alkyl carbamates (subject to hydrolysis) is 1. The monoisotopic (exact) mass is 199 g/mol. The molecule has 0 aromatic carbocycles. The van der Waals surface area contributed by atoms with Crippen LogP contribution in [0.1, 0.15) is 13.3 Å². The lowest BCUT2D eigenvalue weighted by Crippen LogP contribution is -2.43. The van der Waals surface area contributed by atoms with E-state index in [1.807, 2.05) is 14.1 Å². The highest BCUT2D eigenvalue weighted by molar-refractivity contribution is 5.70. The number of rotatable bonds is 1. The Hall–Kier alpha value is -0.810. The van der Waals surface area contributed by atoms with E-state index < -0.39 is 0 Å². The van der Waals surface area contributed by atoms with Gasteiger partial charge in [-0.05, 0) is 6.92 Å². The molecule has 0 aromatic rings. The van der Waals surface area contributed by atoms with Gasteiger partial charge in [0.1, 0.15) is 5.60 Å². The van der Waals surface area contributed by atoms with Crippen LogP contribution in [0.15, 0.2) is 0 Å². The van der Waals surface area contributed by atoms with Gasteiger partial charge in [0.2, 0.25) is 0 Å². The summed E-state index contributed by atoms with van der Waals surface area (Å²) in [6, 6.07) is 0.428. The molecular formula is C9H17N3O2. The van der Waals surface area contributed by atoms with Crippen molar-refractivity contribution in [1.29, 1.82) is 0 Å². The Balaban J connectivity index is 2.09. The normalized spacial score (nSPS) is 38.0. The first kappa shape index (κ1) is 9.73. The number of carbonyl (C=O) groups is 1. The van der Waals surface area contributed by atoms with Gasteiger partial charge in [0.15, 0.2) is 0 Å². The summed E-state index contributed by atoms with van der Waals surface area (Å²) in [5.74, 6) is 0. The SMILES string of the molecule is CC1CC2(CNC(=O)O2)CN1N(C)C. The van der Waals surface area contributed by atoms with Crippen LogP contribution in [0.2, 0.25) is 0 Å². The van der Waals surface area contributed by atoms with E-state index >= 15 is 0 Å². The number of hydrazine groups is 1. The molecule has 2 rings (SSSR count). The number of ether oxygens (including phenoxy) is 1. The van der Waals surface area contributed by atoms with Gasteiger partial charge in [-0.25, -0.2) is 14.8 Å². The van der Waals surface area contributed by atoms with Gasteiger partial charge in [0.05, 0.1) is 13.1 Å². The lowest BCUT2D eigenvalue weighted by Gasteiger charge is -2.28. The zero-order valence-electron chi connectivity index (χ0n) is 8.91. The molecule has 2 atom stereocenters. The molecule has 1 amide bonds. The second-order valence-corrected chi connectivity index (χ2v) is 4.42. The van der Waals surface area contributed by atoms with Crippen molar-refractivity contribution in [2.45, 2.75) is 25.0 Å². The van der Waals surface area contributed by atoms with Crippen molar-refractivity contribution in [2.24, 2.45) is 0 Å². The van der Waals surface area contributed by atoms with Crippen LogP contribution < -0.4 is 5.32 Å². The number of hydrogen-bond acceptors (Lipinski definition) is 4. The van der Waals surface area contributed by atoms with E-state index in [4.69, 9.17) is 4.74 Å². The van der Waals surface area contributed by atoms with Crippen molar-refractivity contribution in [1.82, 2.24) is 15.3 Å². The Morgan fingerprint density at radius 2 is 2.36 bits per heavy atom. The van der Waals surface area contributed by atoms with Crippen LogP contribution in [0, 0.1) is 0 Å². The number of nitrogens with zero attached hydrogens (tertiary/aromatic N) is 2. The Kier molecular flexibility index (Phi) is 2.16. The maximum absolute atomic E-state index is 11.0. The molecule has 0 aliphatic carbocycles. The molecule has 2 aliphatic rings. The lowest BCUT2D eigenvalue weighted by molar-refractivity contribution is -0.00596. The van der Waals surface area contributed by atoms with Gasteiger partial charge in [0.25, 0.3) is 0 Å². The van der Waals surface area contributed by atoms with E-state index in [2.05, 4.69) is 22.3 Å². The molecule has 2 heterocycles. The number of nitrogens with one attached hydrogen (secondary N) is 1. The smallest absolute Gasteiger partial charge is 0.407 e. The van der Waals surface area contributed by atoms with Gasteiger partial charge in [0, 0.05) is 26.6 Å². The van der Waals surface area contributed by atoms with Crippen molar-refractivity contribution in [3.05, 3.63) is 0 Å². The van der Waals surface area contributed by atoms with Gasteiger partial charge >= 0.3 is 6.09 Å². The maximum Gasteiger partial charge on any atom is 0.407 e. The van der Waals surface area contributed by atoms with Crippen LogP contribution in [0.25, 0.3) is 0 Å².